The van der Waals surface area contributed by atoms with Crippen LogP contribution in [0.3, 0.4) is 0 Å². The molecule has 68 valence electrons. The van der Waals surface area contributed by atoms with E-state index in [1.165, 1.54) is 0 Å². The fourth-order valence-corrected chi connectivity index (χ4v) is 1.38. The molecule has 1 unspecified atom stereocenters. The number of rotatable bonds is 4. The van der Waals surface area contributed by atoms with Crippen molar-refractivity contribution in [3.05, 3.63) is 12.2 Å². The highest BCUT2D eigenvalue weighted by Crippen LogP contribution is 2.31. The summed E-state index contributed by atoms with van der Waals surface area (Å²) in [5, 5.41) is 0. The molecule has 0 saturated carbocycles. The summed E-state index contributed by atoms with van der Waals surface area (Å²) in [4.78, 5) is 10.6. The Morgan fingerprint density at radius 2 is 2.25 bits per heavy atom. The number of carbonyl (C=O) groups excluding carboxylic acids is 1. The lowest BCUT2D eigenvalue weighted by Crippen LogP contribution is -2.44. The van der Waals surface area contributed by atoms with E-state index < -0.39 is 0 Å². The van der Waals surface area contributed by atoms with Crippen LogP contribution in [-0.4, -0.2) is 11.6 Å². The smallest absolute Gasteiger partial charge is 0.310 e. The van der Waals surface area contributed by atoms with E-state index in [-0.39, 0.29) is 11.6 Å². The van der Waals surface area contributed by atoms with Crippen molar-refractivity contribution in [3.63, 3.8) is 0 Å². The van der Waals surface area contributed by atoms with E-state index in [1.807, 2.05) is 6.92 Å². The molecule has 2 heteroatoms. The minimum atomic E-state index is -0.158. The van der Waals surface area contributed by atoms with Crippen molar-refractivity contribution in [2.24, 2.45) is 0 Å². The van der Waals surface area contributed by atoms with E-state index in [9.17, 15) is 4.79 Å². The zero-order valence-corrected chi connectivity index (χ0v) is 7.80. The van der Waals surface area contributed by atoms with Gasteiger partial charge in [0.1, 0.15) is 5.60 Å². The molecule has 1 heterocycles. The van der Waals surface area contributed by atoms with Crippen LogP contribution in [0.1, 0.15) is 39.5 Å². The Balaban J connectivity index is 2.15. The van der Waals surface area contributed by atoms with Gasteiger partial charge in [-0.05, 0) is 26.2 Å². The van der Waals surface area contributed by atoms with Crippen LogP contribution in [-0.2, 0) is 9.53 Å². The monoisotopic (exact) mass is 168 g/mol. The van der Waals surface area contributed by atoms with E-state index in [0.29, 0.717) is 6.42 Å². The molecule has 12 heavy (non-hydrogen) atoms. The van der Waals surface area contributed by atoms with E-state index in [2.05, 4.69) is 19.1 Å². The highest BCUT2D eigenvalue weighted by molar-refractivity contribution is 5.76. The molecular formula is C10H16O2. The number of ether oxygens (including phenoxy) is 1. The molecular weight excluding hydrogens is 152 g/mol. The first kappa shape index (κ1) is 9.30. The average Bonchev–Trinajstić information content (AvgIpc) is 1.96. The number of cyclic esters (lactones) is 1. The van der Waals surface area contributed by atoms with E-state index in [0.717, 1.165) is 19.3 Å². The van der Waals surface area contributed by atoms with Crippen molar-refractivity contribution >= 4 is 5.97 Å². The van der Waals surface area contributed by atoms with Gasteiger partial charge in [-0.3, -0.25) is 4.79 Å². The van der Waals surface area contributed by atoms with Crippen LogP contribution < -0.4 is 0 Å². The molecule has 1 atom stereocenters. The second-order valence-electron chi connectivity index (χ2n) is 3.52. The van der Waals surface area contributed by atoms with Gasteiger partial charge in [0.2, 0.25) is 0 Å². The van der Waals surface area contributed by atoms with Gasteiger partial charge in [0.25, 0.3) is 0 Å². The van der Waals surface area contributed by atoms with Crippen molar-refractivity contribution in [2.45, 2.75) is 45.1 Å². The van der Waals surface area contributed by atoms with Crippen molar-refractivity contribution in [1.82, 2.24) is 0 Å². The lowest BCUT2D eigenvalue weighted by atomic mass is 9.91. The highest BCUT2D eigenvalue weighted by Gasteiger charge is 2.40. The van der Waals surface area contributed by atoms with Gasteiger partial charge in [0, 0.05) is 0 Å². The number of carbonyl (C=O) groups is 1. The van der Waals surface area contributed by atoms with Crippen LogP contribution in [0.25, 0.3) is 0 Å². The Morgan fingerprint density at radius 1 is 1.58 bits per heavy atom. The van der Waals surface area contributed by atoms with Crippen LogP contribution in [0, 0.1) is 0 Å². The van der Waals surface area contributed by atoms with Crippen molar-refractivity contribution in [1.29, 1.82) is 0 Å². The number of hydrogen-bond acceptors (Lipinski definition) is 2. The van der Waals surface area contributed by atoms with Gasteiger partial charge in [0.15, 0.2) is 0 Å². The molecule has 1 saturated heterocycles. The molecule has 0 aliphatic carbocycles. The van der Waals surface area contributed by atoms with Crippen LogP contribution in [0.15, 0.2) is 12.2 Å². The van der Waals surface area contributed by atoms with Gasteiger partial charge >= 0.3 is 5.97 Å². The third-order valence-corrected chi connectivity index (χ3v) is 2.12. The van der Waals surface area contributed by atoms with Crippen LogP contribution >= 0.6 is 0 Å². The summed E-state index contributed by atoms with van der Waals surface area (Å²) < 4.78 is 5.03. The van der Waals surface area contributed by atoms with Crippen molar-refractivity contribution < 1.29 is 9.53 Å². The molecule has 1 aliphatic rings. The van der Waals surface area contributed by atoms with Gasteiger partial charge in [-0.1, -0.05) is 19.1 Å². The van der Waals surface area contributed by atoms with Gasteiger partial charge in [0.05, 0.1) is 6.42 Å². The third-order valence-electron chi connectivity index (χ3n) is 2.12. The lowest BCUT2D eigenvalue weighted by Gasteiger charge is -2.36. The molecule has 0 spiro atoms. The molecule has 1 rings (SSSR count). The second-order valence-corrected chi connectivity index (χ2v) is 3.52. The number of esters is 1. The largest absolute Gasteiger partial charge is 0.459 e. The Morgan fingerprint density at radius 3 is 2.75 bits per heavy atom. The molecule has 0 aromatic heterocycles. The summed E-state index contributed by atoms with van der Waals surface area (Å²) in [5.74, 6) is -0.0584. The van der Waals surface area contributed by atoms with Crippen molar-refractivity contribution in [3.8, 4) is 0 Å². The first-order valence-electron chi connectivity index (χ1n) is 4.53. The normalized spacial score (nSPS) is 28.7. The van der Waals surface area contributed by atoms with Crippen LogP contribution in [0.4, 0.5) is 0 Å². The molecule has 0 amide bonds. The molecule has 0 bridgehead atoms. The first-order valence-corrected chi connectivity index (χ1v) is 4.53. The summed E-state index contributed by atoms with van der Waals surface area (Å²) in [6.07, 6.45) is 7.93. The SMILES string of the molecule is CCC=CCCC1(C)CC(=O)O1. The van der Waals surface area contributed by atoms with Gasteiger partial charge in [-0.25, -0.2) is 0 Å². The number of allylic oxidation sites excluding steroid dienone is 2. The fraction of sp³-hybridized carbons (Fsp3) is 0.700. The molecule has 1 aliphatic heterocycles. The Bertz CT molecular complexity index is 186. The predicted molar refractivity (Wildman–Crippen MR) is 47.8 cm³/mol. The zero-order valence-electron chi connectivity index (χ0n) is 7.80. The summed E-state index contributed by atoms with van der Waals surface area (Å²) in [7, 11) is 0. The molecule has 0 radical (unpaired) electrons. The Hall–Kier alpha value is -0.790. The Kier molecular flexibility index (Phi) is 2.90. The Labute approximate surface area is 73.6 Å². The van der Waals surface area contributed by atoms with E-state index >= 15 is 0 Å². The van der Waals surface area contributed by atoms with Gasteiger partial charge < -0.3 is 4.74 Å². The molecule has 2 nitrogen and oxygen atoms in total. The van der Waals surface area contributed by atoms with E-state index in [1.54, 1.807) is 0 Å². The topological polar surface area (TPSA) is 26.3 Å². The second kappa shape index (κ2) is 3.74. The summed E-state index contributed by atoms with van der Waals surface area (Å²) in [6.45, 7) is 4.11. The molecule has 0 aromatic carbocycles. The number of hydrogen-bond donors (Lipinski definition) is 0. The molecule has 0 aromatic rings. The zero-order chi connectivity index (χ0) is 9.03. The predicted octanol–water partition coefficient (Wildman–Crippen LogP) is 2.44. The quantitative estimate of drug-likeness (QED) is 0.476. The van der Waals surface area contributed by atoms with E-state index in [4.69, 9.17) is 4.74 Å². The molecule has 0 N–H and O–H groups in total. The maximum atomic E-state index is 10.6. The third kappa shape index (κ3) is 2.36. The summed E-state index contributed by atoms with van der Waals surface area (Å²) in [5.41, 5.74) is -0.158. The highest BCUT2D eigenvalue weighted by atomic mass is 16.6. The minimum absolute atomic E-state index is 0.0584. The molecule has 1 fully saturated rings. The maximum absolute atomic E-state index is 10.6. The fourth-order valence-electron chi connectivity index (χ4n) is 1.38. The van der Waals surface area contributed by atoms with Crippen LogP contribution in [0.5, 0.6) is 0 Å². The summed E-state index contributed by atoms with van der Waals surface area (Å²) in [6, 6.07) is 0. The maximum Gasteiger partial charge on any atom is 0.310 e. The van der Waals surface area contributed by atoms with Gasteiger partial charge in [-0.15, -0.1) is 0 Å². The van der Waals surface area contributed by atoms with Gasteiger partial charge in [-0.2, -0.15) is 0 Å². The average molecular weight is 168 g/mol. The van der Waals surface area contributed by atoms with Crippen molar-refractivity contribution in [2.75, 3.05) is 0 Å². The first-order chi connectivity index (χ1) is 5.66. The summed E-state index contributed by atoms with van der Waals surface area (Å²) >= 11 is 0. The lowest BCUT2D eigenvalue weighted by molar-refractivity contribution is -0.188. The minimum Gasteiger partial charge on any atom is -0.459 e. The van der Waals surface area contributed by atoms with Crippen LogP contribution in [0.2, 0.25) is 0 Å². The standard InChI is InChI=1S/C10H16O2/c1-3-4-5-6-7-10(2)8-9(11)12-10/h4-5H,3,6-8H2,1-2H3.